The van der Waals surface area contributed by atoms with Crippen LogP contribution in [0, 0.1) is 6.92 Å². The molecule has 0 atom stereocenters. The third kappa shape index (κ3) is 5.97. The number of rotatable bonds is 7. The number of carbonyl (C=O) groups excluding carboxylic acids is 3. The number of ketones is 1. The van der Waals surface area contributed by atoms with Crippen LogP contribution in [0.2, 0.25) is 0 Å². The molecule has 2 amide bonds. The second kappa shape index (κ2) is 11.6. The predicted octanol–water partition coefficient (Wildman–Crippen LogP) is 5.03. The molecule has 1 fully saturated rings. The van der Waals surface area contributed by atoms with Gasteiger partial charge in [-0.25, -0.2) is 0 Å². The zero-order valence-corrected chi connectivity index (χ0v) is 22.6. The van der Waals surface area contributed by atoms with Gasteiger partial charge in [-0.05, 0) is 104 Å². The van der Waals surface area contributed by atoms with E-state index in [9.17, 15) is 19.5 Å². The summed E-state index contributed by atoms with van der Waals surface area (Å²) in [5, 5.41) is 15.5. The van der Waals surface area contributed by atoms with E-state index in [2.05, 4.69) is 15.5 Å². The molecule has 0 bridgehead atoms. The zero-order valence-electron chi connectivity index (χ0n) is 22.6. The molecule has 0 saturated carbocycles. The number of hydrogen-bond donors (Lipinski definition) is 3. The molecule has 5 rings (SSSR count). The number of aryl methyl sites for hydroxylation is 2. The van der Waals surface area contributed by atoms with Gasteiger partial charge in [0.25, 0.3) is 11.8 Å². The number of nitrogens with one attached hydrogen (secondary N) is 2. The summed E-state index contributed by atoms with van der Waals surface area (Å²) >= 11 is 0. The van der Waals surface area contributed by atoms with Crippen LogP contribution in [-0.2, 0) is 7.05 Å². The smallest absolute Gasteiger partial charge is 0.272 e. The number of piperidine rings is 1. The molecule has 0 aliphatic carbocycles. The lowest BCUT2D eigenvalue weighted by molar-refractivity contribution is 0.101. The predicted molar refractivity (Wildman–Crippen MR) is 156 cm³/mol. The second-order valence-corrected chi connectivity index (χ2v) is 10.1. The van der Waals surface area contributed by atoms with E-state index in [4.69, 9.17) is 0 Å². The van der Waals surface area contributed by atoms with Gasteiger partial charge in [-0.15, -0.1) is 0 Å². The molecular weight excluding hydrogens is 504 g/mol. The van der Waals surface area contributed by atoms with Crippen LogP contribution in [0.1, 0.15) is 55.2 Å². The molecule has 0 radical (unpaired) electrons. The molecule has 1 aliphatic heterocycles. The maximum absolute atomic E-state index is 13.0. The van der Waals surface area contributed by atoms with Crippen molar-refractivity contribution in [3.8, 4) is 0 Å². The summed E-state index contributed by atoms with van der Waals surface area (Å²) in [6.45, 7) is 3.51. The molecule has 4 aromatic rings. The first-order chi connectivity index (χ1) is 19.3. The Hall–Kier alpha value is -4.69. The molecule has 2 heterocycles. The molecule has 0 unspecified atom stereocenters. The van der Waals surface area contributed by atoms with Gasteiger partial charge in [0.05, 0.1) is 6.10 Å². The van der Waals surface area contributed by atoms with Crippen LogP contribution in [0.25, 0.3) is 0 Å². The van der Waals surface area contributed by atoms with Crippen LogP contribution in [0.5, 0.6) is 0 Å². The Kier molecular flexibility index (Phi) is 7.79. The molecular formula is C32H32N4O4. The van der Waals surface area contributed by atoms with Crippen molar-refractivity contribution in [2.24, 2.45) is 7.05 Å². The number of hydrogen-bond acceptors (Lipinski definition) is 5. The van der Waals surface area contributed by atoms with Gasteiger partial charge in [-0.1, -0.05) is 0 Å². The van der Waals surface area contributed by atoms with Gasteiger partial charge < -0.3 is 25.2 Å². The maximum Gasteiger partial charge on any atom is 0.272 e. The monoisotopic (exact) mass is 536 g/mol. The van der Waals surface area contributed by atoms with Gasteiger partial charge in [0, 0.05) is 60.1 Å². The quantitative estimate of drug-likeness (QED) is 0.288. The van der Waals surface area contributed by atoms with Crippen molar-refractivity contribution in [2.75, 3.05) is 28.6 Å². The number of anilines is 3. The van der Waals surface area contributed by atoms with Crippen LogP contribution >= 0.6 is 0 Å². The normalized spacial score (nSPS) is 13.6. The fraction of sp³-hybridized carbons (Fsp3) is 0.219. The molecule has 8 nitrogen and oxygen atoms in total. The van der Waals surface area contributed by atoms with E-state index in [1.165, 1.54) is 0 Å². The van der Waals surface area contributed by atoms with Gasteiger partial charge in [0.1, 0.15) is 5.69 Å². The molecule has 0 spiro atoms. The highest BCUT2D eigenvalue weighted by molar-refractivity contribution is 6.10. The first kappa shape index (κ1) is 26.9. The molecule has 1 saturated heterocycles. The van der Waals surface area contributed by atoms with Crippen molar-refractivity contribution in [1.29, 1.82) is 0 Å². The number of carbonyl (C=O) groups is 3. The fourth-order valence-corrected chi connectivity index (χ4v) is 4.89. The summed E-state index contributed by atoms with van der Waals surface area (Å²) in [5.74, 6) is -0.599. The van der Waals surface area contributed by atoms with Crippen LogP contribution in [0.15, 0.2) is 85.1 Å². The van der Waals surface area contributed by atoms with Crippen molar-refractivity contribution in [1.82, 2.24) is 4.57 Å². The van der Waals surface area contributed by atoms with Crippen molar-refractivity contribution in [2.45, 2.75) is 25.9 Å². The summed E-state index contributed by atoms with van der Waals surface area (Å²) < 4.78 is 1.74. The van der Waals surface area contributed by atoms with E-state index in [1.54, 1.807) is 78.5 Å². The SMILES string of the molecule is Cc1cc(N2CCC(O)CC2)ccc1C(=O)Nc1ccc(C(=O)c2ccc(NC(=O)c3cccn3C)cc2)cc1. The standard InChI is InChI=1S/C32H32N4O4/c1-21-20-26(36-18-15-27(37)16-19-36)13-14-28(21)31(39)33-24-9-5-22(6-10-24)30(38)23-7-11-25(12-8-23)34-32(40)29-4-3-17-35(29)2/h3-14,17,20,27,37H,15-16,18-19H2,1-2H3,(H,33,39)(H,34,40). The lowest BCUT2D eigenvalue weighted by Gasteiger charge is -2.31. The van der Waals surface area contributed by atoms with E-state index >= 15 is 0 Å². The number of benzene rings is 3. The molecule has 1 aliphatic rings. The van der Waals surface area contributed by atoms with Gasteiger partial charge >= 0.3 is 0 Å². The third-order valence-corrected chi connectivity index (χ3v) is 7.27. The minimum Gasteiger partial charge on any atom is -0.393 e. The average molecular weight is 537 g/mol. The molecule has 3 N–H and O–H groups in total. The molecule has 3 aromatic carbocycles. The van der Waals surface area contributed by atoms with E-state index in [0.29, 0.717) is 33.8 Å². The molecule has 40 heavy (non-hydrogen) atoms. The highest BCUT2D eigenvalue weighted by atomic mass is 16.3. The lowest BCUT2D eigenvalue weighted by Crippen LogP contribution is -2.35. The Balaban J connectivity index is 1.19. The number of aromatic nitrogens is 1. The second-order valence-electron chi connectivity index (χ2n) is 10.1. The van der Waals surface area contributed by atoms with Gasteiger partial charge in [0.15, 0.2) is 5.78 Å². The van der Waals surface area contributed by atoms with Crippen LogP contribution in [-0.4, -0.2) is 46.5 Å². The summed E-state index contributed by atoms with van der Waals surface area (Å²) in [6, 6.07) is 22.9. The Labute approximate surface area is 233 Å². The van der Waals surface area contributed by atoms with Crippen molar-refractivity contribution in [3.63, 3.8) is 0 Å². The molecule has 204 valence electrons. The van der Waals surface area contributed by atoms with Gasteiger partial charge in [-0.2, -0.15) is 0 Å². The van der Waals surface area contributed by atoms with Crippen molar-refractivity contribution < 1.29 is 19.5 Å². The maximum atomic E-state index is 13.0. The number of aliphatic hydroxyl groups is 1. The molecule has 1 aromatic heterocycles. The summed E-state index contributed by atoms with van der Waals surface area (Å²) in [6.07, 6.45) is 3.06. The Morgan fingerprint density at radius 2 is 1.38 bits per heavy atom. The summed E-state index contributed by atoms with van der Waals surface area (Å²) in [5.41, 5.74) is 5.22. The Morgan fingerprint density at radius 3 is 1.90 bits per heavy atom. The van der Waals surface area contributed by atoms with Crippen molar-refractivity contribution >= 4 is 34.7 Å². The topological polar surface area (TPSA) is 104 Å². The lowest BCUT2D eigenvalue weighted by atomic mass is 10.0. The minimum absolute atomic E-state index is 0.158. The van der Waals surface area contributed by atoms with E-state index in [1.807, 2.05) is 25.1 Å². The first-order valence-electron chi connectivity index (χ1n) is 13.3. The number of amides is 2. The van der Waals surface area contributed by atoms with Crippen LogP contribution < -0.4 is 15.5 Å². The highest BCUT2D eigenvalue weighted by Gasteiger charge is 2.19. The average Bonchev–Trinajstić information content (AvgIpc) is 3.39. The first-order valence-corrected chi connectivity index (χ1v) is 13.3. The van der Waals surface area contributed by atoms with Gasteiger partial charge in [0.2, 0.25) is 0 Å². The largest absolute Gasteiger partial charge is 0.393 e. The Bertz CT molecular complexity index is 1530. The van der Waals surface area contributed by atoms with E-state index in [0.717, 1.165) is 37.2 Å². The number of nitrogens with zero attached hydrogens (tertiary/aromatic N) is 2. The summed E-state index contributed by atoms with van der Waals surface area (Å²) in [7, 11) is 1.80. The van der Waals surface area contributed by atoms with Crippen molar-refractivity contribution in [3.05, 3.63) is 113 Å². The minimum atomic E-state index is -0.232. The van der Waals surface area contributed by atoms with Crippen LogP contribution in [0.4, 0.5) is 17.1 Å². The highest BCUT2D eigenvalue weighted by Crippen LogP contribution is 2.24. The number of aliphatic hydroxyl groups excluding tert-OH is 1. The molecule has 8 heteroatoms. The van der Waals surface area contributed by atoms with Gasteiger partial charge in [-0.3, -0.25) is 14.4 Å². The van der Waals surface area contributed by atoms with E-state index < -0.39 is 0 Å². The van der Waals surface area contributed by atoms with E-state index in [-0.39, 0.29) is 23.7 Å². The fourth-order valence-electron chi connectivity index (χ4n) is 4.89. The third-order valence-electron chi connectivity index (χ3n) is 7.27. The van der Waals surface area contributed by atoms with Crippen LogP contribution in [0.3, 0.4) is 0 Å². The Morgan fingerprint density at radius 1 is 0.800 bits per heavy atom. The zero-order chi connectivity index (χ0) is 28.2. The summed E-state index contributed by atoms with van der Waals surface area (Å²) in [4.78, 5) is 40.6.